The highest BCUT2D eigenvalue weighted by Gasteiger charge is 2.34. The first kappa shape index (κ1) is 31.5. The van der Waals surface area contributed by atoms with Gasteiger partial charge in [0.05, 0.1) is 26.2 Å². The van der Waals surface area contributed by atoms with E-state index in [0.717, 1.165) is 10.6 Å². The van der Waals surface area contributed by atoms with Crippen LogP contribution in [0.4, 0.5) is 5.69 Å². The fourth-order valence-electron chi connectivity index (χ4n) is 3.81. The normalized spacial score (nSPS) is 12.4. The Morgan fingerprint density at radius 3 is 2.13 bits per heavy atom. The first-order valence-electron chi connectivity index (χ1n) is 11.9. The molecule has 0 aliphatic rings. The lowest BCUT2D eigenvalue weighted by Gasteiger charge is -2.35. The third-order valence-corrected chi connectivity index (χ3v) is 7.44. The highest BCUT2D eigenvalue weighted by molar-refractivity contribution is 7.92. The second-order valence-corrected chi connectivity index (χ2v) is 12.4. The maximum Gasteiger partial charge on any atom is 0.244 e. The van der Waals surface area contributed by atoms with Crippen LogP contribution >= 0.6 is 23.2 Å². The Bertz CT molecular complexity index is 1240. The van der Waals surface area contributed by atoms with Gasteiger partial charge in [-0.25, -0.2) is 8.42 Å². The standard InChI is InChI=1S/C26H35Cl2N3O6S/c1-8-21(25(33)29-26(2,3)4)30(15-18-19(27)10-9-11-20(18)28)24(32)16-31(38(7,34)35)22-14-17(36-5)12-13-23(22)37-6/h9-14,21H,8,15-16H2,1-7H3,(H,29,33)/t21-/m1/s1. The average Bonchev–Trinajstić information content (AvgIpc) is 2.81. The number of carbonyl (C=O) groups is 2. The van der Waals surface area contributed by atoms with E-state index in [2.05, 4.69) is 5.32 Å². The summed E-state index contributed by atoms with van der Waals surface area (Å²) in [6.07, 6.45) is 1.25. The minimum Gasteiger partial charge on any atom is -0.497 e. The van der Waals surface area contributed by atoms with Crippen molar-refractivity contribution in [1.29, 1.82) is 0 Å². The van der Waals surface area contributed by atoms with E-state index in [1.54, 1.807) is 37.3 Å². The summed E-state index contributed by atoms with van der Waals surface area (Å²) in [5.41, 5.74) is -0.00439. The van der Waals surface area contributed by atoms with Crippen LogP contribution in [0.1, 0.15) is 39.7 Å². The largest absolute Gasteiger partial charge is 0.497 e. The van der Waals surface area contributed by atoms with Crippen molar-refractivity contribution in [2.75, 3.05) is 31.3 Å². The highest BCUT2D eigenvalue weighted by atomic mass is 35.5. The van der Waals surface area contributed by atoms with Crippen LogP contribution in [0.5, 0.6) is 11.5 Å². The van der Waals surface area contributed by atoms with Crippen molar-refractivity contribution in [3.63, 3.8) is 0 Å². The molecule has 0 unspecified atom stereocenters. The number of rotatable bonds is 11. The molecule has 1 N–H and O–H groups in total. The predicted molar refractivity (Wildman–Crippen MR) is 151 cm³/mol. The van der Waals surface area contributed by atoms with E-state index >= 15 is 0 Å². The van der Waals surface area contributed by atoms with Gasteiger partial charge in [0.25, 0.3) is 0 Å². The summed E-state index contributed by atoms with van der Waals surface area (Å²) in [6.45, 7) is 6.53. The second kappa shape index (κ2) is 12.9. The van der Waals surface area contributed by atoms with E-state index in [1.807, 2.05) is 20.8 Å². The Morgan fingerprint density at radius 1 is 1.05 bits per heavy atom. The molecule has 0 radical (unpaired) electrons. The van der Waals surface area contributed by atoms with Gasteiger partial charge < -0.3 is 19.7 Å². The number of halogens is 2. The van der Waals surface area contributed by atoms with E-state index in [9.17, 15) is 18.0 Å². The predicted octanol–water partition coefficient (Wildman–Crippen LogP) is 4.50. The molecule has 0 saturated heterocycles. The molecule has 0 aliphatic carbocycles. The van der Waals surface area contributed by atoms with Gasteiger partial charge in [-0.15, -0.1) is 0 Å². The topological polar surface area (TPSA) is 105 Å². The molecule has 2 aromatic carbocycles. The number of benzene rings is 2. The zero-order chi connectivity index (χ0) is 28.8. The molecule has 0 saturated carbocycles. The van der Waals surface area contributed by atoms with E-state index in [-0.39, 0.29) is 30.3 Å². The van der Waals surface area contributed by atoms with Gasteiger partial charge in [-0.05, 0) is 51.5 Å². The van der Waals surface area contributed by atoms with Crippen molar-refractivity contribution in [3.05, 3.63) is 52.0 Å². The molecule has 0 bridgehead atoms. The average molecular weight is 589 g/mol. The zero-order valence-electron chi connectivity index (χ0n) is 22.7. The first-order chi connectivity index (χ1) is 17.6. The van der Waals surface area contributed by atoms with Crippen LogP contribution < -0.4 is 19.1 Å². The summed E-state index contributed by atoms with van der Waals surface area (Å²) in [5.74, 6) is -0.423. The van der Waals surface area contributed by atoms with Gasteiger partial charge in [0, 0.05) is 33.8 Å². The number of sulfonamides is 1. The smallest absolute Gasteiger partial charge is 0.244 e. The van der Waals surface area contributed by atoms with Crippen molar-refractivity contribution < 1.29 is 27.5 Å². The molecule has 210 valence electrons. The van der Waals surface area contributed by atoms with Crippen molar-refractivity contribution >= 4 is 50.7 Å². The van der Waals surface area contributed by atoms with Crippen LogP contribution in [0.2, 0.25) is 10.0 Å². The Kier molecular flexibility index (Phi) is 10.7. The summed E-state index contributed by atoms with van der Waals surface area (Å²) < 4.78 is 37.4. The Morgan fingerprint density at radius 2 is 1.66 bits per heavy atom. The SMILES string of the molecule is CC[C@H](C(=O)NC(C)(C)C)N(Cc1c(Cl)cccc1Cl)C(=O)CN(c1cc(OC)ccc1OC)S(C)(=O)=O. The molecule has 1 atom stereocenters. The monoisotopic (exact) mass is 587 g/mol. The fraction of sp³-hybridized carbons (Fsp3) is 0.462. The molecule has 0 heterocycles. The van der Waals surface area contributed by atoms with Crippen LogP contribution in [0.15, 0.2) is 36.4 Å². The number of hydrogen-bond donors (Lipinski definition) is 1. The lowest BCUT2D eigenvalue weighted by Crippen LogP contribution is -2.55. The van der Waals surface area contributed by atoms with Gasteiger partial charge in [-0.1, -0.05) is 36.2 Å². The van der Waals surface area contributed by atoms with Crippen LogP contribution in [0, 0.1) is 0 Å². The molecule has 0 aliphatic heterocycles. The molecule has 0 fully saturated rings. The molecule has 0 spiro atoms. The van der Waals surface area contributed by atoms with Crippen molar-refractivity contribution in [2.45, 2.75) is 52.2 Å². The van der Waals surface area contributed by atoms with Gasteiger partial charge in [-0.2, -0.15) is 0 Å². The maximum atomic E-state index is 13.9. The number of anilines is 1. The molecule has 2 aromatic rings. The highest BCUT2D eigenvalue weighted by Crippen LogP contribution is 2.34. The number of amides is 2. The zero-order valence-corrected chi connectivity index (χ0v) is 25.0. The minimum absolute atomic E-state index is 0.111. The number of hydrogen-bond acceptors (Lipinski definition) is 6. The third kappa shape index (κ3) is 8.15. The molecule has 38 heavy (non-hydrogen) atoms. The summed E-state index contributed by atoms with van der Waals surface area (Å²) in [7, 11) is -1.14. The first-order valence-corrected chi connectivity index (χ1v) is 14.5. The molecule has 0 aromatic heterocycles. The molecule has 2 amide bonds. The van der Waals surface area contributed by atoms with Crippen LogP contribution in [0.3, 0.4) is 0 Å². The van der Waals surface area contributed by atoms with Gasteiger partial charge >= 0.3 is 0 Å². The van der Waals surface area contributed by atoms with Gasteiger partial charge in [0.1, 0.15) is 24.1 Å². The number of carbonyl (C=O) groups excluding carboxylic acids is 2. The van der Waals surface area contributed by atoms with Gasteiger partial charge in [0.2, 0.25) is 21.8 Å². The van der Waals surface area contributed by atoms with E-state index < -0.39 is 34.1 Å². The lowest BCUT2D eigenvalue weighted by atomic mass is 10.1. The Balaban J connectivity index is 2.61. The quantitative estimate of drug-likeness (QED) is 0.415. The molecule has 9 nitrogen and oxygen atoms in total. The van der Waals surface area contributed by atoms with Gasteiger partial charge in [-0.3, -0.25) is 13.9 Å². The summed E-state index contributed by atoms with van der Waals surface area (Å²) >= 11 is 12.8. The van der Waals surface area contributed by atoms with Crippen LogP contribution in [0.25, 0.3) is 0 Å². The summed E-state index contributed by atoms with van der Waals surface area (Å²) in [5, 5.41) is 3.53. The Labute approximate surface area is 235 Å². The van der Waals surface area contributed by atoms with E-state index in [1.165, 1.54) is 25.2 Å². The van der Waals surface area contributed by atoms with Crippen molar-refractivity contribution in [2.24, 2.45) is 0 Å². The summed E-state index contributed by atoms with van der Waals surface area (Å²) in [6, 6.07) is 8.62. The van der Waals surface area contributed by atoms with Crippen LogP contribution in [-0.4, -0.2) is 63.7 Å². The van der Waals surface area contributed by atoms with Crippen LogP contribution in [-0.2, 0) is 26.2 Å². The Hall–Kier alpha value is -2.69. The van der Waals surface area contributed by atoms with Crippen molar-refractivity contribution in [1.82, 2.24) is 10.2 Å². The van der Waals surface area contributed by atoms with Gasteiger partial charge in [0.15, 0.2) is 0 Å². The number of nitrogens with one attached hydrogen (secondary N) is 1. The minimum atomic E-state index is -3.98. The molecular weight excluding hydrogens is 553 g/mol. The molecule has 12 heteroatoms. The fourth-order valence-corrected chi connectivity index (χ4v) is 5.17. The second-order valence-electron chi connectivity index (χ2n) is 9.69. The summed E-state index contributed by atoms with van der Waals surface area (Å²) in [4.78, 5) is 28.5. The number of nitrogens with zero attached hydrogens (tertiary/aromatic N) is 2. The van der Waals surface area contributed by atoms with E-state index in [0.29, 0.717) is 21.4 Å². The van der Waals surface area contributed by atoms with E-state index in [4.69, 9.17) is 32.7 Å². The maximum absolute atomic E-state index is 13.9. The number of ether oxygens (including phenoxy) is 2. The number of methoxy groups -OCH3 is 2. The molecular formula is C26H35Cl2N3O6S. The molecule has 2 rings (SSSR count). The third-order valence-electron chi connectivity index (χ3n) is 5.61. The van der Waals surface area contributed by atoms with Crippen molar-refractivity contribution in [3.8, 4) is 11.5 Å². The lowest BCUT2D eigenvalue weighted by molar-refractivity contribution is -0.141.